The highest BCUT2D eigenvalue weighted by molar-refractivity contribution is 5.98. The van der Waals surface area contributed by atoms with Gasteiger partial charge in [0.1, 0.15) is 6.33 Å². The highest BCUT2D eigenvalue weighted by Crippen LogP contribution is 2.22. The van der Waals surface area contributed by atoms with Crippen LogP contribution in [0.5, 0.6) is 0 Å². The van der Waals surface area contributed by atoms with Crippen LogP contribution in [0.2, 0.25) is 0 Å². The van der Waals surface area contributed by atoms with E-state index in [4.69, 9.17) is 4.74 Å². The topological polar surface area (TPSA) is 87.0 Å². The van der Waals surface area contributed by atoms with Crippen molar-refractivity contribution in [2.45, 2.75) is 38.1 Å². The second-order valence-electron chi connectivity index (χ2n) is 7.22. The first-order valence-electron chi connectivity index (χ1n) is 9.79. The maximum Gasteiger partial charge on any atom is 0.331 e. The number of ketones is 1. The molecule has 7 nitrogen and oxygen atoms in total. The Bertz CT molecular complexity index is 987. The molecule has 0 fully saturated rings. The summed E-state index contributed by atoms with van der Waals surface area (Å²) in [4.78, 5) is 25.3. The third-order valence-electron chi connectivity index (χ3n) is 5.24. The zero-order chi connectivity index (χ0) is 20.1. The average Bonchev–Trinajstić information content (AvgIpc) is 3.30. The van der Waals surface area contributed by atoms with Gasteiger partial charge >= 0.3 is 5.97 Å². The van der Waals surface area contributed by atoms with Crippen molar-refractivity contribution in [1.82, 2.24) is 20.2 Å². The van der Waals surface area contributed by atoms with Crippen LogP contribution < -0.4 is 0 Å². The van der Waals surface area contributed by atoms with Gasteiger partial charge in [0, 0.05) is 12.0 Å². The van der Waals surface area contributed by atoms with Crippen LogP contribution in [-0.2, 0) is 28.8 Å². The average molecular weight is 390 g/mol. The zero-order valence-electron chi connectivity index (χ0n) is 16.0. The van der Waals surface area contributed by atoms with Crippen LogP contribution in [0, 0.1) is 0 Å². The molecule has 1 atom stereocenters. The van der Waals surface area contributed by atoms with Gasteiger partial charge in [0.25, 0.3) is 0 Å². The number of fused-ring (bicyclic) bond motifs is 1. The maximum atomic E-state index is 12.7. The van der Waals surface area contributed by atoms with Crippen LogP contribution >= 0.6 is 0 Å². The van der Waals surface area contributed by atoms with Crippen LogP contribution in [0.1, 0.15) is 45.9 Å². The van der Waals surface area contributed by atoms with Gasteiger partial charge in [-0.3, -0.25) is 4.79 Å². The summed E-state index contributed by atoms with van der Waals surface area (Å²) in [5.74, 6) is -0.741. The molecule has 0 saturated carbocycles. The number of aryl methyl sites for hydroxylation is 2. The van der Waals surface area contributed by atoms with Crippen LogP contribution in [0.4, 0.5) is 0 Å². The van der Waals surface area contributed by atoms with E-state index in [-0.39, 0.29) is 12.4 Å². The van der Waals surface area contributed by atoms with Gasteiger partial charge in [-0.05, 0) is 58.9 Å². The van der Waals surface area contributed by atoms with E-state index < -0.39 is 12.0 Å². The smallest absolute Gasteiger partial charge is 0.331 e. The van der Waals surface area contributed by atoms with Gasteiger partial charge in [0.2, 0.25) is 0 Å². The van der Waals surface area contributed by atoms with Gasteiger partial charge in [-0.25, -0.2) is 9.48 Å². The monoisotopic (exact) mass is 390 g/mol. The van der Waals surface area contributed by atoms with Crippen molar-refractivity contribution >= 4 is 11.8 Å². The standard InChI is InChI=1S/C22H22N4O3/c27-21(19-11-10-17-8-4-5-9-18(17)13-19)14-29-22(28)20(26-15-23-24-25-26)12-16-6-2-1-3-7-16/h1-3,6-7,10-11,13,15,20H,4-5,8-9,12,14H2/t20-/m1/s1. The van der Waals surface area contributed by atoms with Gasteiger partial charge in [-0.15, -0.1) is 5.10 Å². The van der Waals surface area contributed by atoms with Crippen molar-refractivity contribution < 1.29 is 14.3 Å². The summed E-state index contributed by atoms with van der Waals surface area (Å²) in [5, 5.41) is 11.1. The van der Waals surface area contributed by atoms with Gasteiger partial charge in [-0.2, -0.15) is 0 Å². The minimum absolute atomic E-state index is 0.207. The van der Waals surface area contributed by atoms with E-state index >= 15 is 0 Å². The summed E-state index contributed by atoms with van der Waals surface area (Å²) in [6, 6.07) is 14.6. The van der Waals surface area contributed by atoms with Crippen LogP contribution in [0.3, 0.4) is 0 Å². The molecule has 0 saturated heterocycles. The van der Waals surface area contributed by atoms with E-state index in [1.165, 1.54) is 28.6 Å². The van der Waals surface area contributed by atoms with E-state index in [0.717, 1.165) is 24.8 Å². The number of aromatic nitrogens is 4. The molecule has 0 radical (unpaired) electrons. The molecule has 0 spiro atoms. The molecular formula is C22H22N4O3. The Kier molecular flexibility index (Phi) is 5.74. The summed E-state index contributed by atoms with van der Waals surface area (Å²) >= 11 is 0. The predicted octanol–water partition coefficient (Wildman–Crippen LogP) is 2.76. The second-order valence-corrected chi connectivity index (χ2v) is 7.22. The zero-order valence-corrected chi connectivity index (χ0v) is 16.0. The minimum atomic E-state index is -0.733. The summed E-state index contributed by atoms with van der Waals surface area (Å²) in [7, 11) is 0. The Morgan fingerprint density at radius 2 is 1.83 bits per heavy atom. The number of Topliss-reactive ketones (excluding diaryl/α,β-unsaturated/α-hetero) is 1. The van der Waals surface area contributed by atoms with Crippen molar-refractivity contribution in [3.63, 3.8) is 0 Å². The molecule has 29 heavy (non-hydrogen) atoms. The Morgan fingerprint density at radius 1 is 1.03 bits per heavy atom. The first-order chi connectivity index (χ1) is 14.2. The number of rotatable bonds is 7. The Labute approximate surface area is 168 Å². The number of nitrogens with zero attached hydrogens (tertiary/aromatic N) is 4. The first-order valence-corrected chi connectivity index (χ1v) is 9.79. The summed E-state index contributed by atoms with van der Waals surface area (Å²) in [6.45, 7) is -0.301. The quantitative estimate of drug-likeness (QED) is 0.455. The van der Waals surface area contributed by atoms with Crippen molar-refractivity contribution in [1.29, 1.82) is 0 Å². The van der Waals surface area contributed by atoms with Crippen LogP contribution in [0.15, 0.2) is 54.9 Å². The van der Waals surface area contributed by atoms with Crippen molar-refractivity contribution in [2.75, 3.05) is 6.61 Å². The fraction of sp³-hybridized carbons (Fsp3) is 0.318. The fourth-order valence-electron chi connectivity index (χ4n) is 3.66. The normalized spacial score (nSPS) is 14.1. The van der Waals surface area contributed by atoms with Gasteiger partial charge in [0.15, 0.2) is 18.4 Å². The van der Waals surface area contributed by atoms with E-state index in [0.29, 0.717) is 12.0 Å². The van der Waals surface area contributed by atoms with Crippen LogP contribution in [0.25, 0.3) is 0 Å². The van der Waals surface area contributed by atoms with E-state index in [1.807, 2.05) is 48.5 Å². The molecule has 1 heterocycles. The molecule has 0 aliphatic heterocycles. The number of tetrazole rings is 1. The first kappa shape index (κ1) is 19.0. The molecule has 2 aromatic carbocycles. The molecule has 0 amide bonds. The number of ether oxygens (including phenoxy) is 1. The van der Waals surface area contributed by atoms with Gasteiger partial charge in [0.05, 0.1) is 0 Å². The second kappa shape index (κ2) is 8.77. The summed E-state index contributed by atoms with van der Waals surface area (Å²) in [5.41, 5.74) is 4.07. The highest BCUT2D eigenvalue weighted by Gasteiger charge is 2.25. The van der Waals surface area contributed by atoms with Gasteiger partial charge in [-0.1, -0.05) is 42.5 Å². The lowest BCUT2D eigenvalue weighted by Gasteiger charge is -2.17. The van der Waals surface area contributed by atoms with Crippen molar-refractivity contribution in [2.24, 2.45) is 0 Å². The molecule has 1 aliphatic rings. The Balaban J connectivity index is 1.43. The number of carbonyl (C=O) groups is 2. The lowest BCUT2D eigenvalue weighted by Crippen LogP contribution is -2.27. The minimum Gasteiger partial charge on any atom is -0.456 e. The third-order valence-corrected chi connectivity index (χ3v) is 5.24. The lowest BCUT2D eigenvalue weighted by molar-refractivity contribution is -0.146. The number of carbonyl (C=O) groups excluding carboxylic acids is 2. The fourth-order valence-corrected chi connectivity index (χ4v) is 3.66. The maximum absolute atomic E-state index is 12.7. The molecule has 1 aromatic heterocycles. The van der Waals surface area contributed by atoms with E-state index in [1.54, 1.807) is 0 Å². The Morgan fingerprint density at radius 3 is 2.59 bits per heavy atom. The molecule has 0 unspecified atom stereocenters. The number of hydrogen-bond donors (Lipinski definition) is 0. The number of esters is 1. The Hall–Kier alpha value is -3.35. The van der Waals surface area contributed by atoms with Gasteiger partial charge < -0.3 is 4.74 Å². The van der Waals surface area contributed by atoms with E-state index in [2.05, 4.69) is 15.5 Å². The molecule has 148 valence electrons. The van der Waals surface area contributed by atoms with E-state index in [9.17, 15) is 9.59 Å². The molecule has 0 bridgehead atoms. The van der Waals surface area contributed by atoms with Crippen molar-refractivity contribution in [3.05, 3.63) is 77.1 Å². The van der Waals surface area contributed by atoms with Crippen molar-refractivity contribution in [3.8, 4) is 0 Å². The summed E-state index contributed by atoms with van der Waals surface area (Å²) in [6.07, 6.45) is 6.14. The molecule has 0 N–H and O–H groups in total. The number of benzene rings is 2. The molecule has 7 heteroatoms. The van der Waals surface area contributed by atoms with Crippen LogP contribution in [-0.4, -0.2) is 38.6 Å². The number of hydrogen-bond acceptors (Lipinski definition) is 6. The predicted molar refractivity (Wildman–Crippen MR) is 105 cm³/mol. The largest absolute Gasteiger partial charge is 0.456 e. The molecular weight excluding hydrogens is 368 g/mol. The SMILES string of the molecule is O=C(COC(=O)[C@@H](Cc1ccccc1)n1cnnn1)c1ccc2c(c1)CCCC2. The lowest BCUT2D eigenvalue weighted by atomic mass is 9.90. The molecule has 4 rings (SSSR count). The molecule has 3 aromatic rings. The highest BCUT2D eigenvalue weighted by atomic mass is 16.5. The molecule has 1 aliphatic carbocycles. The summed E-state index contributed by atoms with van der Waals surface area (Å²) < 4.78 is 6.72. The third kappa shape index (κ3) is 4.56.